The monoisotopic (exact) mass is 368 g/mol. The van der Waals surface area contributed by atoms with E-state index in [1.165, 1.54) is 6.08 Å². The van der Waals surface area contributed by atoms with Crippen molar-refractivity contribution < 1.29 is 23.8 Å². The Morgan fingerprint density at radius 2 is 1.89 bits per heavy atom. The van der Waals surface area contributed by atoms with Crippen LogP contribution in [0.25, 0.3) is 6.08 Å². The van der Waals surface area contributed by atoms with Crippen LogP contribution in [0, 0.1) is 0 Å². The summed E-state index contributed by atoms with van der Waals surface area (Å²) in [6.07, 6.45) is 3.02. The minimum Gasteiger partial charge on any atom is -0.463 e. The first-order valence-corrected chi connectivity index (χ1v) is 8.52. The summed E-state index contributed by atoms with van der Waals surface area (Å²) >= 11 is 0. The molecule has 0 aromatic heterocycles. The fourth-order valence-corrected chi connectivity index (χ4v) is 2.44. The number of hydrogen-bond acceptors (Lipinski definition) is 5. The van der Waals surface area contributed by atoms with Crippen molar-refractivity contribution in [1.29, 1.82) is 0 Å². The van der Waals surface area contributed by atoms with Gasteiger partial charge in [-0.2, -0.15) is 0 Å². The molecule has 1 aliphatic rings. The lowest BCUT2D eigenvalue weighted by Crippen LogP contribution is -2.28. The molecular formula is C20H20N2O5. The molecule has 7 heteroatoms. The van der Waals surface area contributed by atoms with E-state index in [0.717, 1.165) is 11.1 Å². The summed E-state index contributed by atoms with van der Waals surface area (Å²) in [5, 5.41) is 5.54. The van der Waals surface area contributed by atoms with Gasteiger partial charge in [0.25, 0.3) is 0 Å². The molecule has 1 aliphatic heterocycles. The molecular weight excluding hydrogens is 348 g/mol. The van der Waals surface area contributed by atoms with Crippen molar-refractivity contribution in [3.05, 3.63) is 59.7 Å². The molecule has 0 fully saturated rings. The maximum Gasteiger partial charge on any atom is 0.330 e. The molecule has 0 atom stereocenters. The van der Waals surface area contributed by atoms with E-state index in [9.17, 15) is 9.59 Å². The molecule has 2 aromatic carbocycles. The van der Waals surface area contributed by atoms with Gasteiger partial charge in [-0.05, 0) is 48.4 Å². The summed E-state index contributed by atoms with van der Waals surface area (Å²) in [6.45, 7) is 2.68. The van der Waals surface area contributed by atoms with E-state index >= 15 is 0 Å². The Labute approximate surface area is 156 Å². The molecule has 0 saturated carbocycles. The molecule has 0 bridgehead atoms. The summed E-state index contributed by atoms with van der Waals surface area (Å²) < 4.78 is 15.4. The van der Waals surface area contributed by atoms with Gasteiger partial charge in [-0.1, -0.05) is 18.2 Å². The predicted octanol–water partition coefficient (Wildman–Crippen LogP) is 3.31. The Kier molecular flexibility index (Phi) is 5.94. The maximum atomic E-state index is 12.0. The van der Waals surface area contributed by atoms with Gasteiger partial charge in [0.05, 0.1) is 6.61 Å². The van der Waals surface area contributed by atoms with Gasteiger partial charge in [-0.15, -0.1) is 0 Å². The van der Waals surface area contributed by atoms with Crippen LogP contribution in [0.2, 0.25) is 0 Å². The van der Waals surface area contributed by atoms with E-state index in [1.807, 2.05) is 18.2 Å². The number of anilines is 1. The SMILES string of the molecule is CCOC(=O)/C=C/c1ccc(NC(=O)NCc2ccc3c(c2)OCO3)cc1. The summed E-state index contributed by atoms with van der Waals surface area (Å²) in [7, 11) is 0. The molecule has 0 unspecified atom stereocenters. The third-order valence-corrected chi connectivity index (χ3v) is 3.76. The molecule has 140 valence electrons. The van der Waals surface area contributed by atoms with E-state index in [2.05, 4.69) is 10.6 Å². The Bertz CT molecular complexity index is 846. The quantitative estimate of drug-likeness (QED) is 0.603. The highest BCUT2D eigenvalue weighted by atomic mass is 16.7. The van der Waals surface area contributed by atoms with Crippen molar-refractivity contribution in [2.75, 3.05) is 18.7 Å². The molecule has 2 amide bonds. The second-order valence-corrected chi connectivity index (χ2v) is 5.70. The number of esters is 1. The fraction of sp³-hybridized carbons (Fsp3) is 0.200. The van der Waals surface area contributed by atoms with Gasteiger partial charge < -0.3 is 24.8 Å². The van der Waals surface area contributed by atoms with Crippen molar-refractivity contribution in [2.45, 2.75) is 13.5 Å². The number of carbonyl (C=O) groups is 2. The van der Waals surface area contributed by atoms with Crippen molar-refractivity contribution >= 4 is 23.8 Å². The topological polar surface area (TPSA) is 85.9 Å². The van der Waals surface area contributed by atoms with E-state index in [-0.39, 0.29) is 18.8 Å². The van der Waals surface area contributed by atoms with Crippen molar-refractivity contribution in [3.8, 4) is 11.5 Å². The first-order chi connectivity index (χ1) is 13.1. The molecule has 2 N–H and O–H groups in total. The molecule has 7 nitrogen and oxygen atoms in total. The third kappa shape index (κ3) is 5.24. The van der Waals surface area contributed by atoms with Crippen LogP contribution in [0.15, 0.2) is 48.5 Å². The second kappa shape index (κ2) is 8.75. The van der Waals surface area contributed by atoms with Gasteiger partial charge >= 0.3 is 12.0 Å². The van der Waals surface area contributed by atoms with Crippen LogP contribution in [0.4, 0.5) is 10.5 Å². The maximum absolute atomic E-state index is 12.0. The average Bonchev–Trinajstić information content (AvgIpc) is 3.14. The lowest BCUT2D eigenvalue weighted by Gasteiger charge is -2.08. The van der Waals surface area contributed by atoms with Crippen LogP contribution >= 0.6 is 0 Å². The number of hydrogen-bond donors (Lipinski definition) is 2. The number of fused-ring (bicyclic) bond motifs is 1. The zero-order valence-electron chi connectivity index (χ0n) is 14.9. The zero-order valence-corrected chi connectivity index (χ0v) is 14.9. The molecule has 2 aromatic rings. The van der Waals surface area contributed by atoms with Crippen LogP contribution in [0.5, 0.6) is 11.5 Å². The number of ether oxygens (including phenoxy) is 3. The molecule has 0 aliphatic carbocycles. The summed E-state index contributed by atoms with van der Waals surface area (Å²) in [6, 6.07) is 12.3. The molecule has 1 heterocycles. The number of benzene rings is 2. The standard InChI is InChI=1S/C20H20N2O5/c1-2-25-19(23)10-6-14-3-7-16(8-4-14)22-20(24)21-12-15-5-9-17-18(11-15)27-13-26-17/h3-11H,2,12-13H2,1H3,(H2,21,22,24)/b10-6+. The Balaban J connectivity index is 1.48. The number of urea groups is 1. The van der Waals surface area contributed by atoms with Gasteiger partial charge in [0.2, 0.25) is 6.79 Å². The number of carbonyl (C=O) groups excluding carboxylic acids is 2. The van der Waals surface area contributed by atoms with Crippen molar-refractivity contribution in [3.63, 3.8) is 0 Å². The van der Waals surface area contributed by atoms with Crippen LogP contribution < -0.4 is 20.1 Å². The van der Waals surface area contributed by atoms with E-state index < -0.39 is 0 Å². The van der Waals surface area contributed by atoms with Crippen LogP contribution in [0.1, 0.15) is 18.1 Å². The highest BCUT2D eigenvalue weighted by Gasteiger charge is 2.13. The summed E-state index contributed by atoms with van der Waals surface area (Å²) in [4.78, 5) is 23.3. The highest BCUT2D eigenvalue weighted by molar-refractivity contribution is 5.90. The normalized spacial score (nSPS) is 12.0. The van der Waals surface area contributed by atoms with Gasteiger partial charge in [0.1, 0.15) is 0 Å². The molecule has 3 rings (SSSR count). The number of nitrogens with one attached hydrogen (secondary N) is 2. The second-order valence-electron chi connectivity index (χ2n) is 5.70. The van der Waals surface area contributed by atoms with Gasteiger partial charge in [-0.25, -0.2) is 9.59 Å². The number of rotatable bonds is 6. The Hall–Kier alpha value is -3.48. The average molecular weight is 368 g/mol. The predicted molar refractivity (Wildman–Crippen MR) is 101 cm³/mol. The van der Waals surface area contributed by atoms with Gasteiger partial charge in [-0.3, -0.25) is 0 Å². The van der Waals surface area contributed by atoms with Crippen molar-refractivity contribution in [1.82, 2.24) is 5.32 Å². The molecule has 0 radical (unpaired) electrons. The summed E-state index contributed by atoms with van der Waals surface area (Å²) in [5.74, 6) is 1.00. The van der Waals surface area contributed by atoms with Crippen LogP contribution in [0.3, 0.4) is 0 Å². The Morgan fingerprint density at radius 1 is 1.11 bits per heavy atom. The first kappa shape index (κ1) is 18.3. The van der Waals surface area contributed by atoms with E-state index in [1.54, 1.807) is 37.3 Å². The lowest BCUT2D eigenvalue weighted by molar-refractivity contribution is -0.137. The summed E-state index contributed by atoms with van der Waals surface area (Å²) in [5.41, 5.74) is 2.38. The van der Waals surface area contributed by atoms with E-state index in [0.29, 0.717) is 30.3 Å². The minimum atomic E-state index is -0.386. The van der Waals surface area contributed by atoms with E-state index in [4.69, 9.17) is 14.2 Å². The molecule has 0 saturated heterocycles. The third-order valence-electron chi connectivity index (χ3n) is 3.76. The Morgan fingerprint density at radius 3 is 2.67 bits per heavy atom. The largest absolute Gasteiger partial charge is 0.463 e. The van der Waals surface area contributed by atoms with Crippen molar-refractivity contribution in [2.24, 2.45) is 0 Å². The number of amides is 2. The van der Waals surface area contributed by atoms with Crippen LogP contribution in [-0.4, -0.2) is 25.4 Å². The van der Waals surface area contributed by atoms with Crippen LogP contribution in [-0.2, 0) is 16.1 Å². The smallest absolute Gasteiger partial charge is 0.330 e. The van der Waals surface area contributed by atoms with Gasteiger partial charge in [0, 0.05) is 18.3 Å². The zero-order chi connectivity index (χ0) is 19.1. The lowest BCUT2D eigenvalue weighted by atomic mass is 10.2. The highest BCUT2D eigenvalue weighted by Crippen LogP contribution is 2.32. The van der Waals surface area contributed by atoms with Gasteiger partial charge in [0.15, 0.2) is 11.5 Å². The molecule has 27 heavy (non-hydrogen) atoms. The molecule has 0 spiro atoms. The first-order valence-electron chi connectivity index (χ1n) is 8.52. The fourth-order valence-electron chi connectivity index (χ4n) is 2.44. The minimum absolute atomic E-state index is 0.220.